The molecule has 0 fully saturated rings. The van der Waals surface area contributed by atoms with Crippen molar-refractivity contribution < 1.29 is 23.9 Å². The van der Waals surface area contributed by atoms with Gasteiger partial charge in [0, 0.05) is 11.3 Å². The van der Waals surface area contributed by atoms with Crippen LogP contribution in [0.1, 0.15) is 70.0 Å². The molecule has 7 nitrogen and oxygen atoms in total. The number of amides is 2. The van der Waals surface area contributed by atoms with Crippen LogP contribution in [0, 0.1) is 0 Å². The summed E-state index contributed by atoms with van der Waals surface area (Å²) in [6, 6.07) is 19.0. The zero-order chi connectivity index (χ0) is 30.1. The van der Waals surface area contributed by atoms with Crippen LogP contribution in [0.4, 0.5) is 11.4 Å². The number of nitrogens with one attached hydrogen (secondary N) is 1. The highest BCUT2D eigenvalue weighted by molar-refractivity contribution is 6.53. The molecule has 0 aliphatic carbocycles. The van der Waals surface area contributed by atoms with Gasteiger partial charge in [0.2, 0.25) is 0 Å². The zero-order valence-corrected chi connectivity index (χ0v) is 25.2. The van der Waals surface area contributed by atoms with E-state index in [4.69, 9.17) is 21.1 Å². The van der Waals surface area contributed by atoms with Crippen LogP contribution in [0.5, 0.6) is 11.5 Å². The van der Waals surface area contributed by atoms with Crippen LogP contribution in [0.25, 0.3) is 0 Å². The summed E-state index contributed by atoms with van der Waals surface area (Å²) < 4.78 is 11.3. The van der Waals surface area contributed by atoms with E-state index in [2.05, 4.69) is 52.9 Å². The number of hydrogen-bond acceptors (Lipinski definition) is 6. The number of carbonyl (C=O) groups is 3. The van der Waals surface area contributed by atoms with Crippen molar-refractivity contribution >= 4 is 40.8 Å². The van der Waals surface area contributed by atoms with Crippen LogP contribution < -0.4 is 19.7 Å². The van der Waals surface area contributed by atoms with Gasteiger partial charge in [0.05, 0.1) is 17.9 Å². The number of anilines is 2. The van der Waals surface area contributed by atoms with E-state index >= 15 is 0 Å². The van der Waals surface area contributed by atoms with Gasteiger partial charge >= 0.3 is 5.97 Å². The second-order valence-electron chi connectivity index (χ2n) is 11.9. The molecule has 1 aliphatic heterocycles. The first kappa shape index (κ1) is 29.9. The third-order valence-corrected chi connectivity index (χ3v) is 7.03. The van der Waals surface area contributed by atoms with Crippen LogP contribution in [0.3, 0.4) is 0 Å². The molecule has 0 spiro atoms. The molecule has 3 aromatic carbocycles. The monoisotopic (exact) mass is 574 g/mol. The van der Waals surface area contributed by atoms with Gasteiger partial charge < -0.3 is 14.8 Å². The van der Waals surface area contributed by atoms with E-state index in [1.807, 2.05) is 19.1 Å². The molecule has 0 aromatic heterocycles. The number of imide groups is 1. The summed E-state index contributed by atoms with van der Waals surface area (Å²) in [5, 5.41) is 2.70. The molecule has 1 N–H and O–H groups in total. The maximum atomic E-state index is 13.1. The van der Waals surface area contributed by atoms with Crippen LogP contribution in [-0.4, -0.2) is 24.4 Å². The fourth-order valence-electron chi connectivity index (χ4n) is 4.37. The van der Waals surface area contributed by atoms with Crippen LogP contribution in [0.15, 0.2) is 77.5 Å². The van der Waals surface area contributed by atoms with Gasteiger partial charge in [0.25, 0.3) is 11.8 Å². The van der Waals surface area contributed by atoms with E-state index in [1.165, 1.54) is 0 Å². The minimum Gasteiger partial charge on any atom is -0.494 e. The Morgan fingerprint density at radius 3 is 2.05 bits per heavy atom. The Morgan fingerprint density at radius 2 is 1.49 bits per heavy atom. The molecule has 0 atom stereocenters. The largest absolute Gasteiger partial charge is 0.494 e. The lowest BCUT2D eigenvalue weighted by Gasteiger charge is -2.26. The van der Waals surface area contributed by atoms with E-state index in [0.29, 0.717) is 35.0 Å². The summed E-state index contributed by atoms with van der Waals surface area (Å²) in [5.74, 6) is -0.574. The minimum atomic E-state index is -0.629. The molecule has 8 heteroatoms. The second kappa shape index (κ2) is 11.4. The maximum Gasteiger partial charge on any atom is 0.343 e. The molecular weight excluding hydrogens is 540 g/mol. The number of carbonyl (C=O) groups excluding carboxylic acids is 3. The van der Waals surface area contributed by atoms with Gasteiger partial charge in [-0.15, -0.1) is 0 Å². The number of esters is 1. The number of ether oxygens (including phenoxy) is 2. The molecule has 1 heterocycles. The average molecular weight is 575 g/mol. The Morgan fingerprint density at radius 1 is 0.854 bits per heavy atom. The number of rotatable bonds is 7. The van der Waals surface area contributed by atoms with E-state index < -0.39 is 17.8 Å². The molecule has 1 aliphatic rings. The normalized spacial score (nSPS) is 14.0. The average Bonchev–Trinajstić information content (AvgIpc) is 3.11. The summed E-state index contributed by atoms with van der Waals surface area (Å²) in [4.78, 5) is 40.0. The van der Waals surface area contributed by atoms with Crippen molar-refractivity contribution in [3.8, 4) is 11.5 Å². The SMILES string of the molecule is CCOc1ccc(N2C(=O)C(Cl)=C(Nc3ccc(C(=O)Oc4ccc(C(C)(C)C)cc4C(C)(C)C)cc3)C2=O)cc1. The summed E-state index contributed by atoms with van der Waals surface area (Å²) in [7, 11) is 0. The molecule has 0 saturated carbocycles. The van der Waals surface area contributed by atoms with Crippen LogP contribution in [-0.2, 0) is 20.4 Å². The molecule has 41 heavy (non-hydrogen) atoms. The highest BCUT2D eigenvalue weighted by Crippen LogP contribution is 2.36. The highest BCUT2D eigenvalue weighted by Gasteiger charge is 2.39. The van der Waals surface area contributed by atoms with E-state index in [-0.39, 0.29) is 21.6 Å². The highest BCUT2D eigenvalue weighted by atomic mass is 35.5. The smallest absolute Gasteiger partial charge is 0.343 e. The molecule has 0 saturated heterocycles. The summed E-state index contributed by atoms with van der Waals surface area (Å²) in [6.45, 7) is 15.0. The van der Waals surface area contributed by atoms with Crippen molar-refractivity contribution in [2.45, 2.75) is 59.3 Å². The van der Waals surface area contributed by atoms with E-state index in [1.54, 1.807) is 48.5 Å². The lowest BCUT2D eigenvalue weighted by molar-refractivity contribution is -0.120. The van der Waals surface area contributed by atoms with Gasteiger partial charge in [0.1, 0.15) is 22.2 Å². The lowest BCUT2D eigenvalue weighted by atomic mass is 9.80. The number of benzene rings is 3. The first-order valence-electron chi connectivity index (χ1n) is 13.5. The first-order valence-corrected chi connectivity index (χ1v) is 13.8. The van der Waals surface area contributed by atoms with Crippen molar-refractivity contribution in [2.75, 3.05) is 16.8 Å². The zero-order valence-electron chi connectivity index (χ0n) is 24.4. The Labute approximate surface area is 246 Å². The van der Waals surface area contributed by atoms with Gasteiger partial charge in [0.15, 0.2) is 0 Å². The summed E-state index contributed by atoms with van der Waals surface area (Å²) in [6.07, 6.45) is 0. The lowest BCUT2D eigenvalue weighted by Crippen LogP contribution is -2.32. The Balaban J connectivity index is 1.49. The Hall–Kier alpha value is -4.10. The van der Waals surface area contributed by atoms with E-state index in [9.17, 15) is 14.4 Å². The molecule has 3 aromatic rings. The summed E-state index contributed by atoms with van der Waals surface area (Å²) in [5.41, 5.74) is 2.97. The fraction of sp³-hybridized carbons (Fsp3) is 0.303. The van der Waals surface area contributed by atoms with Gasteiger partial charge in [-0.1, -0.05) is 65.3 Å². The molecule has 0 radical (unpaired) electrons. The standard InChI is InChI=1S/C33H35ClN2O5/c1-8-40-24-16-14-23(15-17-24)36-29(37)27(34)28(30(36)38)35-22-12-9-20(10-13-22)31(39)41-26-18-11-21(32(2,3)4)19-25(26)33(5,6)7/h9-19,35H,8H2,1-7H3. The fourth-order valence-corrected chi connectivity index (χ4v) is 4.58. The predicted molar refractivity (Wildman–Crippen MR) is 162 cm³/mol. The third-order valence-electron chi connectivity index (χ3n) is 6.68. The van der Waals surface area contributed by atoms with Gasteiger partial charge in [-0.3, -0.25) is 9.59 Å². The van der Waals surface area contributed by atoms with Gasteiger partial charge in [-0.25, -0.2) is 9.69 Å². The van der Waals surface area contributed by atoms with Crippen LogP contribution in [0.2, 0.25) is 0 Å². The molecule has 0 bridgehead atoms. The summed E-state index contributed by atoms with van der Waals surface area (Å²) >= 11 is 6.27. The minimum absolute atomic E-state index is 0.0414. The quantitative estimate of drug-likeness (QED) is 0.181. The molecule has 2 amide bonds. The van der Waals surface area contributed by atoms with Crippen molar-refractivity contribution in [1.29, 1.82) is 0 Å². The van der Waals surface area contributed by atoms with Crippen molar-refractivity contribution in [3.05, 3.63) is 94.1 Å². The van der Waals surface area contributed by atoms with E-state index in [0.717, 1.165) is 16.0 Å². The Kier molecular flexibility index (Phi) is 8.31. The predicted octanol–water partition coefficient (Wildman–Crippen LogP) is 7.34. The molecular formula is C33H35ClN2O5. The first-order chi connectivity index (χ1) is 19.2. The van der Waals surface area contributed by atoms with Gasteiger partial charge in [-0.2, -0.15) is 0 Å². The van der Waals surface area contributed by atoms with Gasteiger partial charge in [-0.05, 0) is 77.9 Å². The second-order valence-corrected chi connectivity index (χ2v) is 12.2. The number of halogens is 1. The van der Waals surface area contributed by atoms with Crippen LogP contribution >= 0.6 is 11.6 Å². The molecule has 214 valence electrons. The number of nitrogens with zero attached hydrogens (tertiary/aromatic N) is 1. The molecule has 0 unspecified atom stereocenters. The van der Waals surface area contributed by atoms with Crippen molar-refractivity contribution in [2.24, 2.45) is 0 Å². The Bertz CT molecular complexity index is 1510. The van der Waals surface area contributed by atoms with Crippen molar-refractivity contribution in [1.82, 2.24) is 0 Å². The third kappa shape index (κ3) is 6.46. The topological polar surface area (TPSA) is 84.9 Å². The van der Waals surface area contributed by atoms with Crippen molar-refractivity contribution in [3.63, 3.8) is 0 Å². The molecule has 4 rings (SSSR count). The number of hydrogen-bond donors (Lipinski definition) is 1. The maximum absolute atomic E-state index is 13.1.